The zero-order valence-corrected chi connectivity index (χ0v) is 14.4. The molecule has 0 fully saturated rings. The molecule has 0 saturated heterocycles. The average Bonchev–Trinajstić information content (AvgIpc) is 2.66. The van der Waals surface area contributed by atoms with Gasteiger partial charge in [-0.25, -0.2) is 10.5 Å². The lowest BCUT2D eigenvalue weighted by Gasteiger charge is -2.18. The second kappa shape index (κ2) is 6.55. The molecule has 3 aromatic rings. The summed E-state index contributed by atoms with van der Waals surface area (Å²) >= 11 is 0. The van der Waals surface area contributed by atoms with E-state index in [4.69, 9.17) is 0 Å². The van der Waals surface area contributed by atoms with Crippen molar-refractivity contribution in [3.05, 3.63) is 75.2 Å². The molecule has 4 rings (SSSR count). The first-order chi connectivity index (χ1) is 12.6. The molecule has 26 heavy (non-hydrogen) atoms. The number of hydrazone groups is 1. The van der Waals surface area contributed by atoms with Crippen LogP contribution in [-0.2, 0) is 6.42 Å². The van der Waals surface area contributed by atoms with Crippen molar-refractivity contribution in [3.8, 4) is 0 Å². The summed E-state index contributed by atoms with van der Waals surface area (Å²) in [7, 11) is 0. The highest BCUT2D eigenvalue weighted by Gasteiger charge is 2.17. The summed E-state index contributed by atoms with van der Waals surface area (Å²) in [6, 6.07) is 13.2. The first kappa shape index (κ1) is 16.2. The van der Waals surface area contributed by atoms with Crippen molar-refractivity contribution >= 4 is 22.4 Å². The topological polar surface area (TPSA) is 87.2 Å². The van der Waals surface area contributed by atoms with Gasteiger partial charge in [0.05, 0.1) is 11.1 Å². The Kier molecular flexibility index (Phi) is 4.08. The number of carbonyl (C=O) groups is 1. The smallest absolute Gasteiger partial charge is 0.267 e. The summed E-state index contributed by atoms with van der Waals surface area (Å²) in [5.74, 6) is -0.440. The van der Waals surface area contributed by atoms with Crippen LogP contribution in [0, 0.1) is 6.92 Å². The third-order valence-electron chi connectivity index (χ3n) is 4.64. The highest BCUT2D eigenvalue weighted by atomic mass is 16.2. The molecule has 0 atom stereocenters. The van der Waals surface area contributed by atoms with Crippen molar-refractivity contribution in [1.29, 1.82) is 0 Å². The van der Waals surface area contributed by atoms with Gasteiger partial charge in [-0.1, -0.05) is 35.9 Å². The minimum atomic E-state index is -0.440. The Morgan fingerprint density at radius 2 is 1.96 bits per heavy atom. The summed E-state index contributed by atoms with van der Waals surface area (Å²) in [6.45, 7) is 2.04. The van der Waals surface area contributed by atoms with Crippen molar-refractivity contribution in [2.24, 2.45) is 5.10 Å². The molecule has 1 amide bonds. The Morgan fingerprint density at radius 1 is 1.15 bits per heavy atom. The maximum atomic E-state index is 12.6. The van der Waals surface area contributed by atoms with Gasteiger partial charge in [0.15, 0.2) is 5.69 Å². The van der Waals surface area contributed by atoms with Crippen molar-refractivity contribution < 1.29 is 4.79 Å². The van der Waals surface area contributed by atoms with Gasteiger partial charge in [0, 0.05) is 10.9 Å². The number of H-pyrrole nitrogens is 1. The Morgan fingerprint density at radius 3 is 2.81 bits per heavy atom. The lowest BCUT2D eigenvalue weighted by Crippen LogP contribution is -2.25. The second-order valence-corrected chi connectivity index (χ2v) is 6.46. The van der Waals surface area contributed by atoms with Crippen molar-refractivity contribution in [3.63, 3.8) is 0 Å². The predicted molar refractivity (Wildman–Crippen MR) is 100 cm³/mol. The van der Waals surface area contributed by atoms with Crippen molar-refractivity contribution in [1.82, 2.24) is 15.6 Å². The Balaban J connectivity index is 1.67. The minimum absolute atomic E-state index is 0.157. The molecular weight excluding hydrogens is 328 g/mol. The molecule has 1 aromatic heterocycles. The monoisotopic (exact) mass is 346 g/mol. The van der Waals surface area contributed by atoms with Crippen LogP contribution in [0.5, 0.6) is 0 Å². The number of aromatic amines is 1. The number of benzene rings is 2. The Labute approximate surface area is 150 Å². The van der Waals surface area contributed by atoms with Crippen LogP contribution < -0.4 is 11.0 Å². The quantitative estimate of drug-likeness (QED) is 0.700. The van der Waals surface area contributed by atoms with Crippen LogP contribution in [-0.4, -0.2) is 21.8 Å². The molecule has 0 bridgehead atoms. The SMILES string of the molecule is Cc1ccc2c(c1)/C(=N/NC(=O)c1n[nH]c(=O)c3ccccc13)CCC2. The van der Waals surface area contributed by atoms with E-state index in [0.29, 0.717) is 10.8 Å². The highest BCUT2D eigenvalue weighted by molar-refractivity contribution is 6.07. The number of hydrogen-bond acceptors (Lipinski definition) is 4. The molecule has 0 aliphatic heterocycles. The van der Waals surface area contributed by atoms with Crippen LogP contribution >= 0.6 is 0 Å². The van der Waals surface area contributed by atoms with Gasteiger partial charge >= 0.3 is 0 Å². The molecule has 0 saturated carbocycles. The molecule has 6 heteroatoms. The number of amides is 1. The molecule has 2 aromatic carbocycles. The number of aromatic nitrogens is 2. The van der Waals surface area contributed by atoms with E-state index in [2.05, 4.69) is 38.9 Å². The van der Waals surface area contributed by atoms with Gasteiger partial charge in [-0.3, -0.25) is 9.59 Å². The Hall–Kier alpha value is -3.28. The predicted octanol–water partition coefficient (Wildman–Crippen LogP) is 2.70. The van der Waals surface area contributed by atoms with Gasteiger partial charge in [-0.15, -0.1) is 0 Å². The molecule has 0 unspecified atom stereocenters. The molecule has 0 radical (unpaired) electrons. The van der Waals surface area contributed by atoms with E-state index in [1.807, 2.05) is 6.92 Å². The number of nitrogens with zero attached hydrogens (tertiary/aromatic N) is 2. The number of aryl methyl sites for hydroxylation is 2. The Bertz CT molecular complexity index is 1100. The summed E-state index contributed by atoms with van der Waals surface area (Å²) in [5.41, 5.74) is 6.83. The van der Waals surface area contributed by atoms with Crippen LogP contribution in [0.1, 0.15) is 40.0 Å². The third-order valence-corrected chi connectivity index (χ3v) is 4.64. The fraction of sp³-hybridized carbons (Fsp3) is 0.200. The van der Waals surface area contributed by atoms with E-state index < -0.39 is 5.91 Å². The summed E-state index contributed by atoms with van der Waals surface area (Å²) in [6.07, 6.45) is 2.84. The molecule has 1 heterocycles. The van der Waals surface area contributed by atoms with Crippen LogP contribution in [0.2, 0.25) is 0 Å². The van der Waals surface area contributed by atoms with E-state index >= 15 is 0 Å². The lowest BCUT2D eigenvalue weighted by atomic mass is 9.89. The van der Waals surface area contributed by atoms with Crippen LogP contribution in [0.4, 0.5) is 0 Å². The second-order valence-electron chi connectivity index (χ2n) is 6.46. The molecule has 130 valence electrons. The van der Waals surface area contributed by atoms with Crippen molar-refractivity contribution in [2.75, 3.05) is 0 Å². The molecule has 2 N–H and O–H groups in total. The van der Waals surface area contributed by atoms with Gasteiger partial charge in [0.2, 0.25) is 0 Å². The number of hydrogen-bond donors (Lipinski definition) is 2. The molecule has 0 spiro atoms. The normalized spacial score (nSPS) is 15.0. The molecule has 1 aliphatic rings. The highest BCUT2D eigenvalue weighted by Crippen LogP contribution is 2.22. The van der Waals surface area contributed by atoms with E-state index in [1.165, 1.54) is 5.56 Å². The van der Waals surface area contributed by atoms with Gasteiger partial charge < -0.3 is 0 Å². The third kappa shape index (κ3) is 2.90. The van der Waals surface area contributed by atoms with Crippen LogP contribution in [0.25, 0.3) is 10.8 Å². The van der Waals surface area contributed by atoms with Gasteiger partial charge in [-0.2, -0.15) is 10.2 Å². The van der Waals surface area contributed by atoms with Crippen LogP contribution in [0.15, 0.2) is 52.4 Å². The standard InChI is InChI=1S/C20H18N4O2/c1-12-9-10-13-5-4-8-17(16(13)11-12)21-24-20(26)18-14-6-2-3-7-15(14)19(25)23-22-18/h2-3,6-7,9-11H,4-5,8H2,1H3,(H,23,25)(H,24,26)/b21-17+. The van der Waals surface area contributed by atoms with Gasteiger partial charge in [0.25, 0.3) is 11.5 Å². The molecule has 6 nitrogen and oxygen atoms in total. The minimum Gasteiger partial charge on any atom is -0.267 e. The summed E-state index contributed by atoms with van der Waals surface area (Å²) in [4.78, 5) is 24.4. The van der Waals surface area contributed by atoms with Crippen LogP contribution in [0.3, 0.4) is 0 Å². The zero-order valence-electron chi connectivity index (χ0n) is 14.4. The fourth-order valence-electron chi connectivity index (χ4n) is 3.33. The molecular formula is C20H18N4O2. The summed E-state index contributed by atoms with van der Waals surface area (Å²) in [5, 5.41) is 11.6. The van der Waals surface area contributed by atoms with E-state index in [-0.39, 0.29) is 11.3 Å². The maximum Gasteiger partial charge on any atom is 0.292 e. The first-order valence-electron chi connectivity index (χ1n) is 8.58. The zero-order chi connectivity index (χ0) is 18.1. The summed E-state index contributed by atoms with van der Waals surface area (Å²) < 4.78 is 0. The largest absolute Gasteiger partial charge is 0.292 e. The average molecular weight is 346 g/mol. The van der Waals surface area contributed by atoms with Crippen molar-refractivity contribution in [2.45, 2.75) is 26.2 Å². The first-order valence-corrected chi connectivity index (χ1v) is 8.58. The fourth-order valence-corrected chi connectivity index (χ4v) is 3.33. The van der Waals surface area contributed by atoms with E-state index in [1.54, 1.807) is 24.3 Å². The number of rotatable bonds is 2. The number of carbonyl (C=O) groups excluding carboxylic acids is 1. The number of fused-ring (bicyclic) bond motifs is 2. The van der Waals surface area contributed by atoms with Gasteiger partial charge in [0.1, 0.15) is 0 Å². The lowest BCUT2D eigenvalue weighted by molar-refractivity contribution is 0.0950. The maximum absolute atomic E-state index is 12.6. The van der Waals surface area contributed by atoms with E-state index in [0.717, 1.165) is 36.1 Å². The molecule has 1 aliphatic carbocycles. The van der Waals surface area contributed by atoms with E-state index in [9.17, 15) is 9.59 Å². The van der Waals surface area contributed by atoms with Gasteiger partial charge in [-0.05, 0) is 43.9 Å². The number of nitrogens with one attached hydrogen (secondary N) is 2.